The van der Waals surface area contributed by atoms with Crippen molar-refractivity contribution in [1.29, 1.82) is 0 Å². The number of amides is 1. The van der Waals surface area contributed by atoms with E-state index in [1.807, 2.05) is 0 Å². The molecule has 5 nitrogen and oxygen atoms in total. The van der Waals surface area contributed by atoms with Crippen LogP contribution in [-0.4, -0.2) is 53.7 Å². The van der Waals surface area contributed by atoms with Crippen molar-refractivity contribution >= 4 is 5.91 Å². The number of hydrogen-bond acceptors (Lipinski definition) is 4. The van der Waals surface area contributed by atoms with Gasteiger partial charge in [0.05, 0.1) is 5.60 Å². The van der Waals surface area contributed by atoms with Crippen LogP contribution in [0.3, 0.4) is 0 Å². The first-order chi connectivity index (χ1) is 11.3. The Morgan fingerprint density at radius 2 is 2.09 bits per heavy atom. The van der Waals surface area contributed by atoms with Crippen LogP contribution in [0.4, 0.5) is 0 Å². The van der Waals surface area contributed by atoms with Gasteiger partial charge in [0.25, 0.3) is 5.91 Å². The number of aromatic nitrogens is 1. The lowest BCUT2D eigenvalue weighted by molar-refractivity contribution is -0.156. The van der Waals surface area contributed by atoms with Crippen LogP contribution in [0.25, 0.3) is 0 Å². The third-order valence-corrected chi connectivity index (χ3v) is 5.85. The van der Waals surface area contributed by atoms with Crippen LogP contribution in [0.5, 0.6) is 0 Å². The topological polar surface area (TPSA) is 54.5 Å². The van der Waals surface area contributed by atoms with Gasteiger partial charge < -0.3 is 10.1 Å². The van der Waals surface area contributed by atoms with Gasteiger partial charge in [-0.1, -0.05) is 6.42 Å². The summed E-state index contributed by atoms with van der Waals surface area (Å²) in [7, 11) is 0. The van der Waals surface area contributed by atoms with Gasteiger partial charge in [-0.25, -0.2) is 0 Å². The Bertz CT molecular complexity index is 553. The number of likely N-dealkylation sites (tertiary alicyclic amines) is 1. The van der Waals surface area contributed by atoms with Gasteiger partial charge in [-0.2, -0.15) is 0 Å². The first kappa shape index (κ1) is 15.1. The van der Waals surface area contributed by atoms with E-state index in [-0.39, 0.29) is 11.5 Å². The zero-order valence-electron chi connectivity index (χ0n) is 13.5. The van der Waals surface area contributed by atoms with Crippen LogP contribution < -0.4 is 5.32 Å². The summed E-state index contributed by atoms with van der Waals surface area (Å²) in [4.78, 5) is 18.6. The average Bonchev–Trinajstić information content (AvgIpc) is 2.90. The largest absolute Gasteiger partial charge is 0.372 e. The van der Waals surface area contributed by atoms with E-state index in [0.717, 1.165) is 45.1 Å². The fourth-order valence-corrected chi connectivity index (χ4v) is 4.16. The van der Waals surface area contributed by atoms with E-state index in [9.17, 15) is 4.79 Å². The number of rotatable bonds is 5. The summed E-state index contributed by atoms with van der Waals surface area (Å²) < 4.78 is 6.12. The smallest absolute Gasteiger partial charge is 0.251 e. The van der Waals surface area contributed by atoms with E-state index in [4.69, 9.17) is 4.74 Å². The van der Waals surface area contributed by atoms with E-state index in [2.05, 4.69) is 15.2 Å². The highest BCUT2D eigenvalue weighted by atomic mass is 16.5. The lowest BCUT2D eigenvalue weighted by Gasteiger charge is -2.55. The lowest BCUT2D eigenvalue weighted by atomic mass is 9.76. The maximum absolute atomic E-state index is 12.1. The van der Waals surface area contributed by atoms with Crippen LogP contribution in [-0.2, 0) is 4.74 Å². The second kappa shape index (κ2) is 6.21. The molecular weight excluding hydrogens is 290 g/mol. The minimum absolute atomic E-state index is 0.00920. The molecule has 124 valence electrons. The summed E-state index contributed by atoms with van der Waals surface area (Å²) >= 11 is 0. The van der Waals surface area contributed by atoms with Gasteiger partial charge >= 0.3 is 0 Å². The molecule has 2 saturated heterocycles. The second-order valence-corrected chi connectivity index (χ2v) is 7.17. The highest BCUT2D eigenvalue weighted by molar-refractivity contribution is 5.93. The summed E-state index contributed by atoms with van der Waals surface area (Å²) in [6, 6.07) is 4.31. The number of nitrogens with one attached hydrogen (secondary N) is 1. The molecule has 1 saturated carbocycles. The molecule has 0 radical (unpaired) electrons. The first-order valence-electron chi connectivity index (χ1n) is 8.83. The Labute approximate surface area is 137 Å². The number of ether oxygens (including phenoxy) is 1. The minimum atomic E-state index is -0.00920. The van der Waals surface area contributed by atoms with Gasteiger partial charge in [-0.05, 0) is 43.7 Å². The van der Waals surface area contributed by atoms with E-state index >= 15 is 0 Å². The minimum Gasteiger partial charge on any atom is -0.372 e. The Morgan fingerprint density at radius 3 is 2.78 bits per heavy atom. The van der Waals surface area contributed by atoms with Crippen molar-refractivity contribution in [2.75, 3.05) is 26.2 Å². The summed E-state index contributed by atoms with van der Waals surface area (Å²) in [5.74, 6) is 0.571. The lowest BCUT2D eigenvalue weighted by Crippen LogP contribution is -2.68. The van der Waals surface area contributed by atoms with Crippen molar-refractivity contribution in [3.8, 4) is 0 Å². The highest BCUT2D eigenvalue weighted by Gasteiger charge is 2.54. The fraction of sp³-hybridized carbons (Fsp3) is 0.667. The molecule has 0 aromatic carbocycles. The van der Waals surface area contributed by atoms with Crippen LogP contribution in [0, 0.1) is 5.92 Å². The van der Waals surface area contributed by atoms with Gasteiger partial charge in [-0.15, -0.1) is 0 Å². The zero-order valence-corrected chi connectivity index (χ0v) is 13.5. The summed E-state index contributed by atoms with van der Waals surface area (Å²) in [5, 5.41) is 3.03. The van der Waals surface area contributed by atoms with E-state index in [1.165, 1.54) is 19.3 Å². The quantitative estimate of drug-likeness (QED) is 0.901. The molecule has 1 N–H and O–H groups in total. The molecule has 2 aliphatic heterocycles. The molecule has 0 bridgehead atoms. The van der Waals surface area contributed by atoms with Gasteiger partial charge in [0.1, 0.15) is 0 Å². The number of hydrogen-bond donors (Lipinski definition) is 1. The van der Waals surface area contributed by atoms with Gasteiger partial charge in [0, 0.05) is 50.2 Å². The Hall–Kier alpha value is -1.46. The molecule has 3 aliphatic rings. The monoisotopic (exact) mass is 315 g/mol. The molecule has 5 heteroatoms. The number of carbonyl (C=O) groups excluding carboxylic acids is 1. The number of carbonyl (C=O) groups is 1. The Morgan fingerprint density at radius 1 is 1.30 bits per heavy atom. The highest BCUT2D eigenvalue weighted by Crippen LogP contribution is 2.44. The molecule has 4 rings (SSSR count). The number of nitrogens with zero attached hydrogens (tertiary/aromatic N) is 2. The van der Waals surface area contributed by atoms with Crippen molar-refractivity contribution < 1.29 is 9.53 Å². The van der Waals surface area contributed by atoms with Crippen molar-refractivity contribution in [2.24, 2.45) is 5.92 Å². The van der Waals surface area contributed by atoms with Crippen molar-refractivity contribution in [3.63, 3.8) is 0 Å². The maximum Gasteiger partial charge on any atom is 0.251 e. The second-order valence-electron chi connectivity index (χ2n) is 7.17. The SMILES string of the molecule is O=C(NCC[C@@H]1CCOC12CN(C1CCC1)C2)c1ccncc1. The molecule has 1 aromatic rings. The fourth-order valence-electron chi connectivity index (χ4n) is 4.16. The Kier molecular flexibility index (Phi) is 4.07. The van der Waals surface area contributed by atoms with Crippen molar-refractivity contribution in [2.45, 2.75) is 43.7 Å². The molecule has 1 aliphatic carbocycles. The van der Waals surface area contributed by atoms with Crippen LogP contribution in [0.2, 0.25) is 0 Å². The first-order valence-corrected chi connectivity index (χ1v) is 8.83. The van der Waals surface area contributed by atoms with Crippen LogP contribution in [0.1, 0.15) is 42.5 Å². The Balaban J connectivity index is 1.25. The molecule has 0 unspecified atom stereocenters. The summed E-state index contributed by atoms with van der Waals surface area (Å²) in [6.07, 6.45) is 9.56. The van der Waals surface area contributed by atoms with Gasteiger partial charge in [0.15, 0.2) is 0 Å². The average molecular weight is 315 g/mol. The van der Waals surface area contributed by atoms with Crippen molar-refractivity contribution in [3.05, 3.63) is 30.1 Å². The van der Waals surface area contributed by atoms with Gasteiger partial charge in [0.2, 0.25) is 0 Å². The molecule has 1 spiro atoms. The molecule has 1 atom stereocenters. The zero-order chi connectivity index (χ0) is 15.7. The summed E-state index contributed by atoms with van der Waals surface area (Å²) in [6.45, 7) is 3.79. The standard InChI is InChI=1S/C18H25N3O2/c22-17(14-4-8-19-9-5-14)20-10-6-15-7-11-23-18(15)12-21(13-18)16-2-1-3-16/h4-5,8-9,15-16H,1-3,6-7,10-13H2,(H,20,22)/t15-/m1/s1. The third kappa shape index (κ3) is 2.88. The van der Waals surface area contributed by atoms with Crippen LogP contribution >= 0.6 is 0 Å². The molecule has 3 fully saturated rings. The number of pyridine rings is 1. The molecule has 1 amide bonds. The maximum atomic E-state index is 12.1. The van der Waals surface area contributed by atoms with Gasteiger partial charge in [-0.3, -0.25) is 14.7 Å². The van der Waals surface area contributed by atoms with Crippen LogP contribution in [0.15, 0.2) is 24.5 Å². The molecule has 3 heterocycles. The van der Waals surface area contributed by atoms with Crippen molar-refractivity contribution in [1.82, 2.24) is 15.2 Å². The van der Waals surface area contributed by atoms with E-state index in [1.54, 1.807) is 24.5 Å². The molecule has 1 aromatic heterocycles. The molecule has 23 heavy (non-hydrogen) atoms. The predicted octanol–water partition coefficient (Wildman–Crippen LogP) is 1.84. The van der Waals surface area contributed by atoms with E-state index < -0.39 is 0 Å². The van der Waals surface area contributed by atoms with E-state index in [0.29, 0.717) is 11.5 Å². The summed E-state index contributed by atoms with van der Waals surface area (Å²) in [5.41, 5.74) is 0.758. The normalized spacial score (nSPS) is 26.7. The predicted molar refractivity (Wildman–Crippen MR) is 87.2 cm³/mol. The molecular formula is C18H25N3O2. The third-order valence-electron chi connectivity index (χ3n) is 5.85.